The highest BCUT2D eigenvalue weighted by Gasteiger charge is 1.94. The van der Waals surface area contributed by atoms with Crippen molar-refractivity contribution in [2.75, 3.05) is 0 Å². The Hall–Kier alpha value is -1.62. The van der Waals surface area contributed by atoms with Crippen molar-refractivity contribution in [2.24, 2.45) is 0 Å². The minimum atomic E-state index is -0.252. The van der Waals surface area contributed by atoms with Crippen LogP contribution in [0.3, 0.4) is 0 Å². The zero-order valence-corrected chi connectivity index (χ0v) is 5.46. The first kappa shape index (κ1) is 8.38. The molecule has 0 atom stereocenters. The minimum absolute atomic E-state index is 0.132. The fourth-order valence-electron chi connectivity index (χ4n) is 0.375. The topological polar surface area (TPSA) is 40.5 Å². The average Bonchev–Trinajstić information content (AvgIpc) is 1.81. The van der Waals surface area contributed by atoms with Crippen LogP contribution in [0.25, 0.3) is 0 Å². The van der Waals surface area contributed by atoms with Crippen molar-refractivity contribution in [3.05, 3.63) is 36.3 Å². The molecule has 0 amide bonds. The molecule has 2 nitrogen and oxygen atoms in total. The summed E-state index contributed by atoms with van der Waals surface area (Å²) in [4.78, 5) is 0. The first-order valence-electron chi connectivity index (χ1n) is 2.52. The third-order valence-corrected chi connectivity index (χ3v) is 0.777. The first-order chi connectivity index (χ1) is 4.57. The van der Waals surface area contributed by atoms with E-state index in [0.717, 1.165) is 6.08 Å². The lowest BCUT2D eigenvalue weighted by atomic mass is 10.2. The Balaban J connectivity index is 4.55. The second kappa shape index (κ2) is 3.41. The van der Waals surface area contributed by atoms with Gasteiger partial charge in [0.15, 0.2) is 0 Å². The highest BCUT2D eigenvalue weighted by molar-refractivity contribution is 5.41. The van der Waals surface area contributed by atoms with Crippen LogP contribution in [0.4, 0.5) is 0 Å². The number of terminal acetylenes is 1. The normalized spacial score (nSPS) is 10.1. The highest BCUT2D eigenvalue weighted by atomic mass is 16.3. The molecule has 0 aromatic heterocycles. The van der Waals surface area contributed by atoms with Crippen molar-refractivity contribution in [2.45, 2.75) is 0 Å². The highest BCUT2D eigenvalue weighted by Crippen LogP contribution is 2.03. The second-order valence-electron chi connectivity index (χ2n) is 1.64. The monoisotopic (exact) mass is 136 g/mol. The number of aliphatic hydroxyl groups excluding tert-OH is 2. The second-order valence-corrected chi connectivity index (χ2v) is 1.64. The van der Waals surface area contributed by atoms with Crippen LogP contribution in [0.15, 0.2) is 36.3 Å². The van der Waals surface area contributed by atoms with Crippen molar-refractivity contribution in [1.29, 1.82) is 0 Å². The largest absolute Gasteiger partial charge is 0.509 e. The molecule has 0 saturated heterocycles. The van der Waals surface area contributed by atoms with Gasteiger partial charge >= 0.3 is 0 Å². The van der Waals surface area contributed by atoms with Crippen LogP contribution in [0.1, 0.15) is 0 Å². The van der Waals surface area contributed by atoms with Crippen LogP contribution in [-0.2, 0) is 0 Å². The Labute approximate surface area is 59.8 Å². The van der Waals surface area contributed by atoms with Gasteiger partial charge in [-0.15, -0.1) is 6.42 Å². The fourth-order valence-corrected chi connectivity index (χ4v) is 0.375. The van der Waals surface area contributed by atoms with Crippen LogP contribution in [0.5, 0.6) is 0 Å². The van der Waals surface area contributed by atoms with E-state index >= 15 is 0 Å². The summed E-state index contributed by atoms with van der Waals surface area (Å²) in [5.74, 6) is 1.67. The van der Waals surface area contributed by atoms with E-state index in [1.54, 1.807) is 0 Å². The molecule has 0 aliphatic carbocycles. The molecule has 10 heavy (non-hydrogen) atoms. The van der Waals surface area contributed by atoms with Gasteiger partial charge in [0.25, 0.3) is 0 Å². The molecule has 0 aromatic carbocycles. The molecule has 52 valence electrons. The lowest BCUT2D eigenvalue weighted by Gasteiger charge is -1.93. The summed E-state index contributed by atoms with van der Waals surface area (Å²) in [6.07, 6.45) is 6.09. The molecule has 0 bridgehead atoms. The molecule has 0 aliphatic rings. The van der Waals surface area contributed by atoms with Gasteiger partial charge in [-0.25, -0.2) is 0 Å². The molecular weight excluding hydrogens is 128 g/mol. The fraction of sp³-hybridized carbons (Fsp3) is 0. The van der Waals surface area contributed by atoms with Gasteiger partial charge < -0.3 is 10.2 Å². The summed E-state index contributed by atoms with van der Waals surface area (Å²) in [5.41, 5.74) is 0.132. The lowest BCUT2D eigenvalue weighted by molar-refractivity contribution is 0.421. The molecule has 0 aliphatic heterocycles. The van der Waals surface area contributed by atoms with Crippen molar-refractivity contribution >= 4 is 0 Å². The summed E-state index contributed by atoms with van der Waals surface area (Å²) >= 11 is 0. The predicted octanol–water partition coefficient (Wildman–Crippen LogP) is 1.69. The van der Waals surface area contributed by atoms with E-state index in [1.807, 2.05) is 0 Å². The van der Waals surface area contributed by atoms with Crippen molar-refractivity contribution in [3.8, 4) is 12.3 Å². The number of allylic oxidation sites excluding steroid dienone is 2. The van der Waals surface area contributed by atoms with Crippen LogP contribution in [0.2, 0.25) is 0 Å². The molecule has 0 unspecified atom stereocenters. The third-order valence-electron chi connectivity index (χ3n) is 0.777. The zero-order chi connectivity index (χ0) is 8.15. The minimum Gasteiger partial charge on any atom is -0.509 e. The van der Waals surface area contributed by atoms with Crippen LogP contribution < -0.4 is 0 Å². The maximum absolute atomic E-state index is 8.70. The Morgan fingerprint density at radius 2 is 1.90 bits per heavy atom. The SMILES string of the molecule is C#C/C(=C/C(=C)O)C(=C)O. The van der Waals surface area contributed by atoms with Crippen LogP contribution in [0, 0.1) is 12.3 Å². The summed E-state index contributed by atoms with van der Waals surface area (Å²) in [6, 6.07) is 0. The van der Waals surface area contributed by atoms with E-state index in [1.165, 1.54) is 0 Å². The maximum Gasteiger partial charge on any atom is 0.124 e. The van der Waals surface area contributed by atoms with Gasteiger partial charge in [-0.1, -0.05) is 19.1 Å². The van der Waals surface area contributed by atoms with Crippen LogP contribution in [-0.4, -0.2) is 10.2 Å². The van der Waals surface area contributed by atoms with Gasteiger partial charge in [0.1, 0.15) is 11.5 Å². The number of aliphatic hydroxyl groups is 2. The smallest absolute Gasteiger partial charge is 0.124 e. The maximum atomic E-state index is 8.70. The van der Waals surface area contributed by atoms with E-state index in [0.29, 0.717) is 0 Å². The Morgan fingerprint density at radius 3 is 2.00 bits per heavy atom. The predicted molar refractivity (Wildman–Crippen MR) is 40.5 cm³/mol. The van der Waals surface area contributed by atoms with E-state index in [-0.39, 0.29) is 17.1 Å². The first-order valence-corrected chi connectivity index (χ1v) is 2.52. The van der Waals surface area contributed by atoms with Gasteiger partial charge in [0.05, 0.1) is 5.57 Å². The Morgan fingerprint density at radius 1 is 1.40 bits per heavy atom. The van der Waals surface area contributed by atoms with Gasteiger partial charge in [-0.05, 0) is 6.08 Å². The molecule has 0 fully saturated rings. The summed E-state index contributed by atoms with van der Waals surface area (Å²) in [5, 5.41) is 17.3. The van der Waals surface area contributed by atoms with Crippen molar-refractivity contribution in [1.82, 2.24) is 0 Å². The third kappa shape index (κ3) is 2.63. The number of hydrogen-bond donors (Lipinski definition) is 2. The molecule has 0 rings (SSSR count). The molecule has 0 heterocycles. The standard InChI is InChI=1S/C8H8O2/c1-4-8(7(3)10)5-6(2)9/h1,5,9-10H,2-3H2/b8-5-. The van der Waals surface area contributed by atoms with E-state index in [2.05, 4.69) is 19.1 Å². The lowest BCUT2D eigenvalue weighted by Crippen LogP contribution is -1.83. The van der Waals surface area contributed by atoms with Gasteiger partial charge in [0.2, 0.25) is 0 Å². The van der Waals surface area contributed by atoms with Gasteiger partial charge in [-0.2, -0.15) is 0 Å². The van der Waals surface area contributed by atoms with Gasteiger partial charge in [0, 0.05) is 0 Å². The molecule has 0 radical (unpaired) electrons. The molecule has 0 spiro atoms. The van der Waals surface area contributed by atoms with E-state index in [4.69, 9.17) is 16.6 Å². The molecule has 2 heteroatoms. The number of rotatable bonds is 2. The Kier molecular flexibility index (Phi) is 2.86. The molecule has 0 saturated carbocycles. The van der Waals surface area contributed by atoms with Gasteiger partial charge in [-0.3, -0.25) is 0 Å². The quantitative estimate of drug-likeness (QED) is 0.344. The number of hydrogen-bond acceptors (Lipinski definition) is 2. The van der Waals surface area contributed by atoms with Crippen molar-refractivity contribution < 1.29 is 10.2 Å². The summed E-state index contributed by atoms with van der Waals surface area (Å²) in [6.45, 7) is 6.33. The summed E-state index contributed by atoms with van der Waals surface area (Å²) < 4.78 is 0. The zero-order valence-electron chi connectivity index (χ0n) is 5.46. The molecular formula is C8H8O2. The van der Waals surface area contributed by atoms with Crippen LogP contribution >= 0.6 is 0 Å². The molecule has 2 N–H and O–H groups in total. The summed E-state index contributed by atoms with van der Waals surface area (Å²) in [7, 11) is 0. The molecule has 0 aromatic rings. The van der Waals surface area contributed by atoms with E-state index < -0.39 is 0 Å². The Bertz CT molecular complexity index is 228. The van der Waals surface area contributed by atoms with E-state index in [9.17, 15) is 0 Å². The average molecular weight is 136 g/mol. The van der Waals surface area contributed by atoms with Crippen molar-refractivity contribution in [3.63, 3.8) is 0 Å².